The summed E-state index contributed by atoms with van der Waals surface area (Å²) in [7, 11) is 5.94. The van der Waals surface area contributed by atoms with Gasteiger partial charge in [0, 0.05) is 12.8 Å². The number of likely N-dealkylation sites (N-methyl/N-ethyl adjacent to an activating group) is 1. The Bertz CT molecular complexity index is 1490. The van der Waals surface area contributed by atoms with Gasteiger partial charge < -0.3 is 28.5 Å². The standard InChI is InChI=1S/C60H99NO8/c1-6-8-10-12-14-16-18-20-22-23-24-25-26-27-28-29-30-31-32-33-34-35-37-39-41-43-45-47-49-51-58(63)69-56(55-68-60(59(64)65)66-53-52-61(3,4)5)54-67-57(62)50-48-46-44-42-40-38-36-21-19-17-15-13-11-9-7-2/h8-11,14-17,20-22,24-25,27-28,36,40,42,56,60H,6-7,12-13,18-19,23,26,29-35,37-39,41,43-55H2,1-5H3/p+1/b10-8-,11-9-,16-14-,17-15-,22-20-,25-24-,28-27-,36-21-,42-40-. The molecule has 392 valence electrons. The van der Waals surface area contributed by atoms with E-state index in [0.29, 0.717) is 23.9 Å². The number of carboxylic acids is 1. The molecule has 0 saturated heterocycles. The first kappa shape index (κ1) is 65.0. The van der Waals surface area contributed by atoms with E-state index in [1.54, 1.807) is 0 Å². The number of aliphatic carboxylic acids is 1. The number of ether oxygens (including phenoxy) is 4. The number of nitrogens with zero attached hydrogens (tertiary/aromatic N) is 1. The fraction of sp³-hybridized carbons (Fsp3) is 0.650. The van der Waals surface area contributed by atoms with E-state index in [0.717, 1.165) is 89.9 Å². The highest BCUT2D eigenvalue weighted by Gasteiger charge is 2.25. The molecule has 9 heteroatoms. The van der Waals surface area contributed by atoms with Crippen LogP contribution < -0.4 is 0 Å². The molecule has 0 aromatic carbocycles. The van der Waals surface area contributed by atoms with Gasteiger partial charge in [0.05, 0.1) is 34.4 Å². The number of carbonyl (C=O) groups excluding carboxylic acids is 2. The molecule has 1 N–H and O–H groups in total. The summed E-state index contributed by atoms with van der Waals surface area (Å²) in [4.78, 5) is 37.3. The molecule has 69 heavy (non-hydrogen) atoms. The van der Waals surface area contributed by atoms with Crippen LogP contribution in [0.5, 0.6) is 0 Å². The summed E-state index contributed by atoms with van der Waals surface area (Å²) in [5.74, 6) is -2.07. The normalized spacial score (nSPS) is 13.7. The molecule has 0 aliphatic carbocycles. The van der Waals surface area contributed by atoms with Gasteiger partial charge in [-0.3, -0.25) is 9.59 Å². The molecule has 0 aromatic rings. The minimum Gasteiger partial charge on any atom is -0.477 e. The summed E-state index contributed by atoms with van der Waals surface area (Å²) in [6.07, 6.45) is 66.0. The smallest absolute Gasteiger partial charge is 0.361 e. The first-order chi connectivity index (χ1) is 33.6. The quantitative estimate of drug-likeness (QED) is 0.0211. The van der Waals surface area contributed by atoms with Crippen LogP contribution in [-0.4, -0.2) is 87.4 Å². The average molecular weight is 963 g/mol. The van der Waals surface area contributed by atoms with Gasteiger partial charge >= 0.3 is 17.9 Å². The van der Waals surface area contributed by atoms with Gasteiger partial charge in [-0.2, -0.15) is 0 Å². The summed E-state index contributed by atoms with van der Waals surface area (Å²) < 4.78 is 22.8. The van der Waals surface area contributed by atoms with Crippen LogP contribution in [0.1, 0.15) is 194 Å². The maximum Gasteiger partial charge on any atom is 0.361 e. The minimum absolute atomic E-state index is 0.175. The van der Waals surface area contributed by atoms with Gasteiger partial charge in [-0.15, -0.1) is 0 Å². The molecule has 0 aliphatic heterocycles. The molecule has 0 saturated carbocycles. The largest absolute Gasteiger partial charge is 0.477 e. The van der Waals surface area contributed by atoms with Crippen molar-refractivity contribution in [1.82, 2.24) is 0 Å². The van der Waals surface area contributed by atoms with Gasteiger partial charge in [0.2, 0.25) is 0 Å². The molecule has 0 rings (SSSR count). The molecular formula is C60H100NO8+. The zero-order chi connectivity index (χ0) is 50.6. The fourth-order valence-electron chi connectivity index (χ4n) is 6.91. The molecule has 0 aromatic heterocycles. The van der Waals surface area contributed by atoms with Crippen LogP contribution in [0.15, 0.2) is 109 Å². The lowest BCUT2D eigenvalue weighted by Crippen LogP contribution is -2.40. The molecule has 0 heterocycles. The minimum atomic E-state index is -1.52. The molecular weight excluding hydrogens is 863 g/mol. The Kier molecular flexibility index (Phi) is 47.4. The molecule has 9 nitrogen and oxygen atoms in total. The third-order valence-corrected chi connectivity index (χ3v) is 11.0. The summed E-state index contributed by atoms with van der Waals surface area (Å²) in [5, 5.41) is 9.68. The molecule has 0 amide bonds. The third kappa shape index (κ3) is 51.6. The maximum atomic E-state index is 12.8. The van der Waals surface area contributed by atoms with Crippen molar-refractivity contribution in [2.75, 3.05) is 47.5 Å². The average Bonchev–Trinajstić information content (AvgIpc) is 3.31. The number of hydrogen-bond acceptors (Lipinski definition) is 7. The van der Waals surface area contributed by atoms with E-state index >= 15 is 0 Å². The van der Waals surface area contributed by atoms with Gasteiger partial charge in [0.25, 0.3) is 6.29 Å². The van der Waals surface area contributed by atoms with Crippen molar-refractivity contribution < 1.29 is 42.9 Å². The van der Waals surface area contributed by atoms with Crippen LogP contribution in [0.3, 0.4) is 0 Å². The third-order valence-electron chi connectivity index (χ3n) is 11.0. The Balaban J connectivity index is 4.28. The lowest BCUT2D eigenvalue weighted by atomic mass is 10.0. The van der Waals surface area contributed by atoms with E-state index in [1.165, 1.54) is 64.2 Å². The van der Waals surface area contributed by atoms with Gasteiger partial charge in [0.15, 0.2) is 6.10 Å². The van der Waals surface area contributed by atoms with Crippen molar-refractivity contribution in [3.8, 4) is 0 Å². The van der Waals surface area contributed by atoms with Crippen LogP contribution in [0.4, 0.5) is 0 Å². The number of unbranched alkanes of at least 4 members (excludes halogenated alkanes) is 15. The Morgan fingerprint density at radius 1 is 0.435 bits per heavy atom. The molecule has 0 spiro atoms. The molecule has 0 bridgehead atoms. The highest BCUT2D eigenvalue weighted by molar-refractivity contribution is 5.71. The zero-order valence-corrected chi connectivity index (χ0v) is 44.4. The first-order valence-electron chi connectivity index (χ1n) is 27.1. The van der Waals surface area contributed by atoms with Crippen molar-refractivity contribution >= 4 is 17.9 Å². The Morgan fingerprint density at radius 2 is 0.783 bits per heavy atom. The second-order valence-electron chi connectivity index (χ2n) is 18.8. The number of allylic oxidation sites excluding steroid dienone is 18. The van der Waals surface area contributed by atoms with Crippen molar-refractivity contribution in [2.24, 2.45) is 0 Å². The van der Waals surface area contributed by atoms with Crippen LogP contribution in [0.2, 0.25) is 0 Å². The van der Waals surface area contributed by atoms with Crippen LogP contribution in [0.25, 0.3) is 0 Å². The van der Waals surface area contributed by atoms with Crippen molar-refractivity contribution in [3.05, 3.63) is 109 Å². The summed E-state index contributed by atoms with van der Waals surface area (Å²) in [5.41, 5.74) is 0. The van der Waals surface area contributed by atoms with E-state index in [2.05, 4.69) is 123 Å². The molecule has 2 unspecified atom stereocenters. The Hall–Kier alpha value is -4.05. The van der Waals surface area contributed by atoms with Crippen LogP contribution in [-0.2, 0) is 33.3 Å². The predicted molar refractivity (Wildman–Crippen MR) is 290 cm³/mol. The van der Waals surface area contributed by atoms with Gasteiger partial charge in [-0.05, 0) is 96.3 Å². The SMILES string of the molecule is CC/C=C\C/C=C\C/C=C\C/C=C\C/C=C\CCCCCCCCCCCCCCCC(=O)OC(COC(=O)CCCC/C=C\C/C=C\C/C=C\C/C=C\CC)COC(OCC[N+](C)(C)C)C(=O)O. The zero-order valence-electron chi connectivity index (χ0n) is 44.4. The number of esters is 2. The number of carbonyl (C=O) groups is 3. The van der Waals surface area contributed by atoms with Gasteiger partial charge in [0.1, 0.15) is 13.2 Å². The Morgan fingerprint density at radius 3 is 1.19 bits per heavy atom. The molecule has 0 fully saturated rings. The monoisotopic (exact) mass is 963 g/mol. The lowest BCUT2D eigenvalue weighted by Gasteiger charge is -2.25. The van der Waals surface area contributed by atoms with Crippen molar-refractivity contribution in [2.45, 2.75) is 206 Å². The predicted octanol–water partition coefficient (Wildman–Crippen LogP) is 15.6. The topological polar surface area (TPSA) is 108 Å². The van der Waals surface area contributed by atoms with Crippen LogP contribution >= 0.6 is 0 Å². The van der Waals surface area contributed by atoms with Crippen LogP contribution in [0, 0.1) is 0 Å². The van der Waals surface area contributed by atoms with E-state index in [-0.39, 0.29) is 38.6 Å². The summed E-state index contributed by atoms with van der Waals surface area (Å²) >= 11 is 0. The Labute approximate surface area is 422 Å². The van der Waals surface area contributed by atoms with Gasteiger partial charge in [-0.1, -0.05) is 194 Å². The highest BCUT2D eigenvalue weighted by Crippen LogP contribution is 2.15. The molecule has 0 radical (unpaired) electrons. The number of quaternary nitrogens is 1. The summed E-state index contributed by atoms with van der Waals surface area (Å²) in [6.45, 7) is 4.58. The van der Waals surface area contributed by atoms with E-state index < -0.39 is 24.3 Å². The second kappa shape index (κ2) is 50.3. The second-order valence-corrected chi connectivity index (χ2v) is 18.8. The van der Waals surface area contributed by atoms with E-state index in [4.69, 9.17) is 18.9 Å². The molecule has 2 atom stereocenters. The maximum absolute atomic E-state index is 12.8. The van der Waals surface area contributed by atoms with Gasteiger partial charge in [-0.25, -0.2) is 4.79 Å². The van der Waals surface area contributed by atoms with Crippen molar-refractivity contribution in [3.63, 3.8) is 0 Å². The lowest BCUT2D eigenvalue weighted by molar-refractivity contribution is -0.870. The number of carboxylic acid groups (broad SMARTS) is 1. The van der Waals surface area contributed by atoms with E-state index in [1.807, 2.05) is 21.1 Å². The number of rotatable bonds is 48. The molecule has 0 aliphatic rings. The highest BCUT2D eigenvalue weighted by atomic mass is 16.7. The van der Waals surface area contributed by atoms with E-state index in [9.17, 15) is 19.5 Å². The fourth-order valence-corrected chi connectivity index (χ4v) is 6.91. The number of hydrogen-bond donors (Lipinski definition) is 1. The first-order valence-corrected chi connectivity index (χ1v) is 27.1. The van der Waals surface area contributed by atoms with Crippen molar-refractivity contribution in [1.29, 1.82) is 0 Å². The summed E-state index contributed by atoms with van der Waals surface area (Å²) in [6, 6.07) is 0.